The number of hydrogen-bond acceptors (Lipinski definition) is 5. The van der Waals surface area contributed by atoms with Gasteiger partial charge in [-0.2, -0.15) is 0 Å². The van der Waals surface area contributed by atoms with Gasteiger partial charge in [0.05, 0.1) is 11.0 Å². The molecule has 0 radical (unpaired) electrons. The summed E-state index contributed by atoms with van der Waals surface area (Å²) in [7, 11) is 0. The molecular formula is C12H16N2O5. The summed E-state index contributed by atoms with van der Waals surface area (Å²) in [4.78, 5) is 20.9. The molecule has 1 aromatic carbocycles. The number of anilines is 1. The molecular weight excluding hydrogens is 252 g/mol. The van der Waals surface area contributed by atoms with Crippen molar-refractivity contribution < 1.29 is 19.9 Å². The number of aliphatic hydroxyl groups is 1. The molecule has 0 saturated heterocycles. The first-order valence-electron chi connectivity index (χ1n) is 5.89. The van der Waals surface area contributed by atoms with Crippen molar-refractivity contribution in [3.63, 3.8) is 0 Å². The maximum atomic E-state index is 10.8. The van der Waals surface area contributed by atoms with Crippen molar-refractivity contribution in [2.75, 3.05) is 11.9 Å². The van der Waals surface area contributed by atoms with Crippen LogP contribution in [0.5, 0.6) is 0 Å². The minimum Gasteiger partial charge on any atom is -0.477 e. The standard InChI is InChI=1S/C12H16N2O5/c1-2-9(15)5-6-13-8-3-4-10(12(16)17)11(7-8)14(18)19/h3-4,7,9,13,15H,2,5-6H2,1H3,(H,16,17). The van der Waals surface area contributed by atoms with Gasteiger partial charge in [-0.25, -0.2) is 4.79 Å². The van der Waals surface area contributed by atoms with Crippen molar-refractivity contribution in [3.05, 3.63) is 33.9 Å². The number of hydrogen-bond donors (Lipinski definition) is 3. The van der Waals surface area contributed by atoms with Crippen LogP contribution in [0.25, 0.3) is 0 Å². The second-order valence-corrected chi connectivity index (χ2v) is 4.07. The number of aliphatic hydroxyl groups excluding tert-OH is 1. The molecule has 0 aliphatic carbocycles. The van der Waals surface area contributed by atoms with Crippen LogP contribution in [0.15, 0.2) is 18.2 Å². The van der Waals surface area contributed by atoms with Crippen molar-refractivity contribution in [1.82, 2.24) is 0 Å². The summed E-state index contributed by atoms with van der Waals surface area (Å²) in [5.74, 6) is -1.33. The third kappa shape index (κ3) is 4.22. The molecule has 19 heavy (non-hydrogen) atoms. The number of rotatable bonds is 7. The summed E-state index contributed by atoms with van der Waals surface area (Å²) in [5.41, 5.74) is -0.335. The molecule has 1 rings (SSSR count). The average Bonchev–Trinajstić information content (AvgIpc) is 2.38. The summed E-state index contributed by atoms with van der Waals surface area (Å²) in [6, 6.07) is 3.84. The van der Waals surface area contributed by atoms with E-state index < -0.39 is 22.7 Å². The number of nitrogens with one attached hydrogen (secondary N) is 1. The third-order valence-electron chi connectivity index (χ3n) is 2.70. The number of nitro benzene ring substituents is 1. The van der Waals surface area contributed by atoms with Crippen molar-refractivity contribution in [2.24, 2.45) is 0 Å². The highest BCUT2D eigenvalue weighted by atomic mass is 16.6. The first-order chi connectivity index (χ1) is 8.95. The maximum Gasteiger partial charge on any atom is 0.342 e. The Morgan fingerprint density at radius 1 is 1.53 bits per heavy atom. The summed E-state index contributed by atoms with van der Waals surface area (Å²) in [6.07, 6.45) is 0.742. The van der Waals surface area contributed by atoms with E-state index in [4.69, 9.17) is 5.11 Å². The Kier molecular flexibility index (Phi) is 5.25. The van der Waals surface area contributed by atoms with Crippen molar-refractivity contribution in [1.29, 1.82) is 0 Å². The number of nitro groups is 1. The molecule has 0 heterocycles. The Morgan fingerprint density at radius 3 is 2.74 bits per heavy atom. The smallest absolute Gasteiger partial charge is 0.342 e. The van der Waals surface area contributed by atoms with Crippen LogP contribution in [-0.4, -0.2) is 33.8 Å². The molecule has 104 valence electrons. The minimum atomic E-state index is -1.33. The zero-order valence-electron chi connectivity index (χ0n) is 10.5. The van der Waals surface area contributed by atoms with Gasteiger partial charge in [-0.3, -0.25) is 10.1 Å². The molecule has 0 saturated carbocycles. The lowest BCUT2D eigenvalue weighted by Gasteiger charge is -2.10. The Labute approximate surface area is 110 Å². The molecule has 1 unspecified atom stereocenters. The normalized spacial score (nSPS) is 11.9. The number of carbonyl (C=O) groups is 1. The minimum absolute atomic E-state index is 0.343. The van der Waals surface area contributed by atoms with Crippen LogP contribution >= 0.6 is 0 Å². The SMILES string of the molecule is CCC(O)CCNc1ccc(C(=O)O)c([N+](=O)[O-])c1. The van der Waals surface area contributed by atoms with E-state index in [0.717, 1.165) is 0 Å². The van der Waals surface area contributed by atoms with Gasteiger partial charge in [-0.1, -0.05) is 6.92 Å². The van der Waals surface area contributed by atoms with Gasteiger partial charge in [-0.15, -0.1) is 0 Å². The average molecular weight is 268 g/mol. The molecule has 0 spiro atoms. The van der Waals surface area contributed by atoms with Crippen LogP contribution < -0.4 is 5.32 Å². The van der Waals surface area contributed by atoms with E-state index in [1.165, 1.54) is 18.2 Å². The number of aromatic carboxylic acids is 1. The molecule has 0 aliphatic rings. The Balaban J connectivity index is 2.79. The van der Waals surface area contributed by atoms with Crippen LogP contribution in [0.3, 0.4) is 0 Å². The van der Waals surface area contributed by atoms with Crippen molar-refractivity contribution in [2.45, 2.75) is 25.9 Å². The van der Waals surface area contributed by atoms with Gasteiger partial charge in [0.1, 0.15) is 5.56 Å². The molecule has 7 nitrogen and oxygen atoms in total. The van der Waals surface area contributed by atoms with E-state index in [2.05, 4.69) is 5.32 Å². The van der Waals surface area contributed by atoms with Crippen molar-refractivity contribution in [3.8, 4) is 0 Å². The highest BCUT2D eigenvalue weighted by Gasteiger charge is 2.19. The number of benzene rings is 1. The van der Waals surface area contributed by atoms with Gasteiger partial charge in [0.2, 0.25) is 0 Å². The summed E-state index contributed by atoms with van der Waals surface area (Å²) in [6.45, 7) is 2.32. The van der Waals surface area contributed by atoms with E-state index in [0.29, 0.717) is 25.1 Å². The highest BCUT2D eigenvalue weighted by molar-refractivity contribution is 5.93. The Bertz CT molecular complexity index is 475. The fourth-order valence-electron chi connectivity index (χ4n) is 1.56. The van der Waals surface area contributed by atoms with Gasteiger partial charge in [0.25, 0.3) is 5.69 Å². The lowest BCUT2D eigenvalue weighted by atomic mass is 10.1. The monoisotopic (exact) mass is 268 g/mol. The fraction of sp³-hybridized carbons (Fsp3) is 0.417. The lowest BCUT2D eigenvalue weighted by Crippen LogP contribution is -2.12. The molecule has 0 fully saturated rings. The van der Waals surface area contributed by atoms with E-state index in [1.54, 1.807) is 0 Å². The molecule has 0 bridgehead atoms. The van der Waals surface area contributed by atoms with Gasteiger partial charge in [0, 0.05) is 18.3 Å². The van der Waals surface area contributed by atoms with Gasteiger partial charge in [-0.05, 0) is 25.0 Å². The zero-order chi connectivity index (χ0) is 14.4. The molecule has 7 heteroatoms. The molecule has 0 amide bonds. The molecule has 1 aromatic rings. The topological polar surface area (TPSA) is 113 Å². The number of carboxylic acid groups (broad SMARTS) is 1. The van der Waals surface area contributed by atoms with Gasteiger partial charge in [0.15, 0.2) is 0 Å². The van der Waals surface area contributed by atoms with Crippen molar-refractivity contribution >= 4 is 17.3 Å². The van der Waals surface area contributed by atoms with Gasteiger partial charge < -0.3 is 15.5 Å². The third-order valence-corrected chi connectivity index (χ3v) is 2.70. The van der Waals surface area contributed by atoms with Crippen LogP contribution in [0.2, 0.25) is 0 Å². The molecule has 1 atom stereocenters. The largest absolute Gasteiger partial charge is 0.477 e. The molecule has 0 aliphatic heterocycles. The van der Waals surface area contributed by atoms with Gasteiger partial charge >= 0.3 is 5.97 Å². The van der Waals surface area contributed by atoms with E-state index >= 15 is 0 Å². The molecule has 3 N–H and O–H groups in total. The lowest BCUT2D eigenvalue weighted by molar-refractivity contribution is -0.385. The predicted molar refractivity (Wildman–Crippen MR) is 69.5 cm³/mol. The maximum absolute atomic E-state index is 10.8. The molecule has 0 aromatic heterocycles. The number of nitrogens with zero attached hydrogens (tertiary/aromatic N) is 1. The highest BCUT2D eigenvalue weighted by Crippen LogP contribution is 2.23. The second-order valence-electron chi connectivity index (χ2n) is 4.07. The summed E-state index contributed by atoms with van der Waals surface area (Å²) >= 11 is 0. The quantitative estimate of drug-likeness (QED) is 0.514. The summed E-state index contributed by atoms with van der Waals surface area (Å²) < 4.78 is 0. The van der Waals surface area contributed by atoms with E-state index in [-0.39, 0.29) is 5.56 Å². The predicted octanol–water partition coefficient (Wildman–Crippen LogP) is 1.87. The van der Waals surface area contributed by atoms with Crippen LogP contribution in [0.1, 0.15) is 30.1 Å². The fourth-order valence-corrected chi connectivity index (χ4v) is 1.56. The first kappa shape index (κ1) is 14.9. The van der Waals surface area contributed by atoms with Crippen LogP contribution in [-0.2, 0) is 0 Å². The Morgan fingerprint density at radius 2 is 2.21 bits per heavy atom. The van der Waals surface area contributed by atoms with E-state index in [9.17, 15) is 20.0 Å². The second kappa shape index (κ2) is 6.69. The number of carboxylic acids is 1. The van der Waals surface area contributed by atoms with E-state index in [1.807, 2.05) is 6.92 Å². The Hall–Kier alpha value is -2.15. The van der Waals surface area contributed by atoms with Crippen LogP contribution in [0, 0.1) is 10.1 Å². The van der Waals surface area contributed by atoms with Crippen LogP contribution in [0.4, 0.5) is 11.4 Å². The zero-order valence-corrected chi connectivity index (χ0v) is 10.5. The first-order valence-corrected chi connectivity index (χ1v) is 5.89. The summed E-state index contributed by atoms with van der Waals surface area (Å²) in [5, 5.41) is 31.9.